The molecule has 2 aromatic rings. The van der Waals surface area contributed by atoms with Crippen molar-refractivity contribution in [3.8, 4) is 0 Å². The molecule has 4 rings (SSSR count). The van der Waals surface area contributed by atoms with Crippen molar-refractivity contribution in [3.05, 3.63) is 47.7 Å². The van der Waals surface area contributed by atoms with E-state index < -0.39 is 6.04 Å². The predicted octanol–water partition coefficient (Wildman–Crippen LogP) is 2.79. The molecule has 0 radical (unpaired) electrons. The number of para-hydroxylation sites is 1. The van der Waals surface area contributed by atoms with Gasteiger partial charge in [0.15, 0.2) is 0 Å². The second-order valence-corrected chi connectivity index (χ2v) is 6.94. The highest BCUT2D eigenvalue weighted by molar-refractivity contribution is 5.97. The van der Waals surface area contributed by atoms with Gasteiger partial charge in [0.2, 0.25) is 11.8 Å². The molecule has 5 nitrogen and oxygen atoms in total. The van der Waals surface area contributed by atoms with Gasteiger partial charge < -0.3 is 14.8 Å². The Bertz CT molecular complexity index is 867. The molecule has 5 heteroatoms. The maximum Gasteiger partial charge on any atom is 0.245 e. The quantitative estimate of drug-likeness (QED) is 0.876. The Kier molecular flexibility index (Phi) is 3.86. The third-order valence-corrected chi connectivity index (χ3v) is 5.27. The number of nitrogens with one attached hydrogen (secondary N) is 1. The number of benzene rings is 1. The van der Waals surface area contributed by atoms with Gasteiger partial charge in [0, 0.05) is 30.1 Å². The van der Waals surface area contributed by atoms with Crippen LogP contribution in [0, 0.1) is 0 Å². The molecule has 2 amide bonds. The number of allylic oxidation sites excluding steroid dienone is 1. The van der Waals surface area contributed by atoms with Crippen LogP contribution in [0.5, 0.6) is 0 Å². The lowest BCUT2D eigenvalue weighted by molar-refractivity contribution is -0.157. The van der Waals surface area contributed by atoms with E-state index in [2.05, 4.69) is 36.2 Å². The molecule has 2 aliphatic heterocycles. The minimum absolute atomic E-state index is 0.0163. The van der Waals surface area contributed by atoms with Crippen LogP contribution in [0.3, 0.4) is 0 Å². The van der Waals surface area contributed by atoms with E-state index in [-0.39, 0.29) is 24.4 Å². The highest BCUT2D eigenvalue weighted by Crippen LogP contribution is 2.39. The molecule has 0 saturated carbocycles. The number of piperazine rings is 1. The molecular weight excluding hydrogens is 314 g/mol. The Hall–Kier alpha value is -2.56. The molecule has 0 unspecified atom stereocenters. The molecule has 25 heavy (non-hydrogen) atoms. The van der Waals surface area contributed by atoms with Crippen molar-refractivity contribution >= 4 is 22.7 Å². The Morgan fingerprint density at radius 1 is 1.28 bits per heavy atom. The van der Waals surface area contributed by atoms with Gasteiger partial charge >= 0.3 is 0 Å². The summed E-state index contributed by atoms with van der Waals surface area (Å²) in [6.45, 7) is 2.29. The maximum absolute atomic E-state index is 12.7. The van der Waals surface area contributed by atoms with Crippen LogP contribution in [0.25, 0.3) is 10.9 Å². The number of rotatable bonds is 3. The number of likely N-dealkylation sites (N-methyl/N-ethyl adjacent to an activating group) is 1. The first-order valence-electron chi connectivity index (χ1n) is 8.94. The fourth-order valence-electron chi connectivity index (χ4n) is 4.05. The largest absolute Gasteiger partial charge is 0.356 e. The number of nitrogens with zero attached hydrogens (tertiary/aromatic N) is 2. The second-order valence-electron chi connectivity index (χ2n) is 6.94. The van der Waals surface area contributed by atoms with Crippen LogP contribution in [0.4, 0.5) is 0 Å². The number of carbonyl (C=O) groups is 2. The zero-order chi connectivity index (χ0) is 17.6. The molecule has 1 saturated heterocycles. The van der Waals surface area contributed by atoms with Gasteiger partial charge in [-0.15, -0.1) is 0 Å². The summed E-state index contributed by atoms with van der Waals surface area (Å²) < 4.78 is 0. The van der Waals surface area contributed by atoms with Crippen molar-refractivity contribution in [2.75, 3.05) is 13.6 Å². The molecule has 1 aromatic carbocycles. The van der Waals surface area contributed by atoms with Crippen LogP contribution in [0.2, 0.25) is 0 Å². The van der Waals surface area contributed by atoms with E-state index in [9.17, 15) is 9.59 Å². The van der Waals surface area contributed by atoms with Gasteiger partial charge in [0.05, 0.1) is 12.6 Å². The van der Waals surface area contributed by atoms with Crippen LogP contribution >= 0.6 is 0 Å². The fraction of sp³-hybridized carbons (Fsp3) is 0.400. The summed E-state index contributed by atoms with van der Waals surface area (Å²) in [6, 6.07) is 7.56. The third-order valence-electron chi connectivity index (χ3n) is 5.27. The zero-order valence-electron chi connectivity index (χ0n) is 14.7. The van der Waals surface area contributed by atoms with Crippen molar-refractivity contribution in [2.24, 2.45) is 0 Å². The Labute approximate surface area is 147 Å². The van der Waals surface area contributed by atoms with Crippen molar-refractivity contribution in [3.63, 3.8) is 0 Å². The average molecular weight is 337 g/mol. The Balaban J connectivity index is 1.87. The number of carbonyl (C=O) groups excluding carboxylic acids is 2. The molecule has 0 aliphatic carbocycles. The highest BCUT2D eigenvalue weighted by atomic mass is 16.2. The van der Waals surface area contributed by atoms with Gasteiger partial charge in [-0.2, -0.15) is 0 Å². The molecule has 0 bridgehead atoms. The molecule has 2 atom stereocenters. The van der Waals surface area contributed by atoms with Crippen LogP contribution < -0.4 is 0 Å². The van der Waals surface area contributed by atoms with E-state index in [1.165, 1.54) is 5.56 Å². The van der Waals surface area contributed by atoms with Crippen LogP contribution in [0.15, 0.2) is 36.4 Å². The standard InChI is InChI=1S/C20H23N3O2/c1-3-4-5-10-16-19-14(13-8-6-7-9-15(13)21-19)11-17-20(25)22(2)12-18(24)23(16)17/h5-10,16-17,21H,3-4,11-12H2,1-2H3/b10-5+/t16-,17-/m1/s1. The van der Waals surface area contributed by atoms with Gasteiger partial charge in [0.25, 0.3) is 0 Å². The number of aromatic nitrogens is 1. The smallest absolute Gasteiger partial charge is 0.245 e. The van der Waals surface area contributed by atoms with E-state index in [1.54, 1.807) is 16.8 Å². The SMILES string of the molecule is CCC/C=C/[C@@H]1c2[nH]c3ccccc3c2C[C@@H]2C(=O)N(C)CC(=O)N21. The van der Waals surface area contributed by atoms with Gasteiger partial charge in [-0.1, -0.05) is 43.7 Å². The summed E-state index contributed by atoms with van der Waals surface area (Å²) >= 11 is 0. The lowest BCUT2D eigenvalue weighted by atomic mass is 9.89. The molecule has 0 spiro atoms. The van der Waals surface area contributed by atoms with Crippen molar-refractivity contribution in [1.82, 2.24) is 14.8 Å². The van der Waals surface area contributed by atoms with Crippen LogP contribution in [-0.2, 0) is 16.0 Å². The van der Waals surface area contributed by atoms with Crippen LogP contribution in [0.1, 0.15) is 37.1 Å². The third kappa shape index (κ3) is 2.46. The number of aromatic amines is 1. The summed E-state index contributed by atoms with van der Waals surface area (Å²) in [7, 11) is 1.71. The molecule has 1 N–H and O–H groups in total. The number of fused-ring (bicyclic) bond motifs is 4. The summed E-state index contributed by atoms with van der Waals surface area (Å²) in [5.74, 6) is 0.0481. The monoisotopic (exact) mass is 337 g/mol. The number of H-pyrrole nitrogens is 1. The minimum Gasteiger partial charge on any atom is -0.356 e. The lowest BCUT2D eigenvalue weighted by Gasteiger charge is -2.45. The van der Waals surface area contributed by atoms with Crippen molar-refractivity contribution in [2.45, 2.75) is 38.3 Å². The number of hydrogen-bond acceptors (Lipinski definition) is 2. The average Bonchev–Trinajstić information content (AvgIpc) is 2.98. The topological polar surface area (TPSA) is 56.4 Å². The van der Waals surface area contributed by atoms with Gasteiger partial charge in [-0.05, 0) is 18.1 Å². The molecule has 2 aliphatic rings. The van der Waals surface area contributed by atoms with E-state index in [1.807, 2.05) is 12.1 Å². The highest BCUT2D eigenvalue weighted by Gasteiger charge is 2.45. The number of amides is 2. The maximum atomic E-state index is 12.7. The second kappa shape index (κ2) is 6.06. The van der Waals surface area contributed by atoms with Gasteiger partial charge in [0.1, 0.15) is 6.04 Å². The zero-order valence-corrected chi connectivity index (χ0v) is 14.7. The molecule has 3 heterocycles. The first kappa shape index (κ1) is 15.9. The van der Waals surface area contributed by atoms with E-state index in [0.29, 0.717) is 6.42 Å². The molecule has 130 valence electrons. The van der Waals surface area contributed by atoms with Crippen molar-refractivity contribution in [1.29, 1.82) is 0 Å². The van der Waals surface area contributed by atoms with Crippen LogP contribution in [-0.4, -0.2) is 46.2 Å². The summed E-state index contributed by atoms with van der Waals surface area (Å²) in [5, 5.41) is 1.15. The Morgan fingerprint density at radius 3 is 2.88 bits per heavy atom. The molecular formula is C20H23N3O2. The van der Waals surface area contributed by atoms with E-state index in [0.717, 1.165) is 29.4 Å². The van der Waals surface area contributed by atoms with Crippen molar-refractivity contribution < 1.29 is 9.59 Å². The van der Waals surface area contributed by atoms with Gasteiger partial charge in [-0.25, -0.2) is 0 Å². The molecule has 1 aromatic heterocycles. The minimum atomic E-state index is -0.408. The first-order valence-corrected chi connectivity index (χ1v) is 8.94. The van der Waals surface area contributed by atoms with E-state index in [4.69, 9.17) is 0 Å². The van der Waals surface area contributed by atoms with Gasteiger partial charge in [-0.3, -0.25) is 9.59 Å². The first-order chi connectivity index (χ1) is 12.1. The summed E-state index contributed by atoms with van der Waals surface area (Å²) in [5.41, 5.74) is 3.28. The number of unbranched alkanes of at least 4 members (excludes halogenated alkanes) is 1. The molecule has 1 fully saturated rings. The normalized spacial score (nSPS) is 23.4. The Morgan fingerprint density at radius 2 is 2.08 bits per heavy atom. The fourth-order valence-corrected chi connectivity index (χ4v) is 4.05. The van der Waals surface area contributed by atoms with E-state index >= 15 is 0 Å². The predicted molar refractivity (Wildman–Crippen MR) is 97.1 cm³/mol. The lowest BCUT2D eigenvalue weighted by Crippen LogP contribution is -2.61. The number of hydrogen-bond donors (Lipinski definition) is 1. The summed E-state index contributed by atoms with van der Waals surface area (Å²) in [6.07, 6.45) is 6.81. The summed E-state index contributed by atoms with van der Waals surface area (Å²) in [4.78, 5) is 32.3.